The molecule has 15 heavy (non-hydrogen) atoms. The molecule has 1 aromatic carbocycles. The van der Waals surface area contributed by atoms with E-state index in [4.69, 9.17) is 21.3 Å². The van der Waals surface area contributed by atoms with Crippen LogP contribution in [0.4, 0.5) is 0 Å². The summed E-state index contributed by atoms with van der Waals surface area (Å²) < 4.78 is 5.45. The van der Waals surface area contributed by atoms with Gasteiger partial charge in [0.05, 0.1) is 6.07 Å². The molecule has 0 spiro atoms. The Morgan fingerprint density at radius 3 is 3.20 bits per heavy atom. The highest BCUT2D eigenvalue weighted by molar-refractivity contribution is 7.99. The third-order valence-corrected chi connectivity index (χ3v) is 2.84. The van der Waals surface area contributed by atoms with E-state index in [1.54, 1.807) is 12.1 Å². The van der Waals surface area contributed by atoms with E-state index in [9.17, 15) is 0 Å². The number of rotatable bonds is 3. The lowest BCUT2D eigenvalue weighted by Gasteiger charge is -1.88. The minimum Gasteiger partial charge on any atom is -0.431 e. The Morgan fingerprint density at radius 1 is 1.53 bits per heavy atom. The zero-order valence-corrected chi connectivity index (χ0v) is 9.31. The number of nitrogens with zero attached hydrogens (tertiary/aromatic N) is 2. The molecule has 1 aromatic heterocycles. The lowest BCUT2D eigenvalue weighted by Crippen LogP contribution is -1.75. The predicted octanol–water partition coefficient (Wildman–Crippen LogP) is 3.49. The highest BCUT2D eigenvalue weighted by Crippen LogP contribution is 2.25. The number of thioether (sulfide) groups is 1. The predicted molar refractivity (Wildman–Crippen MR) is 60.0 cm³/mol. The third kappa shape index (κ3) is 2.44. The molecule has 2 rings (SSSR count). The second kappa shape index (κ2) is 4.56. The van der Waals surface area contributed by atoms with E-state index in [1.165, 1.54) is 11.8 Å². The van der Waals surface area contributed by atoms with Gasteiger partial charge in [0, 0.05) is 23.3 Å². The Hall–Kier alpha value is -1.18. The molecule has 3 nitrogen and oxygen atoms in total. The normalized spacial score (nSPS) is 10.4. The molecule has 0 atom stereocenters. The SMILES string of the molecule is N#CCCSc1nc2ccc(Cl)cc2o1. The van der Waals surface area contributed by atoms with Crippen molar-refractivity contribution in [2.75, 3.05) is 5.75 Å². The number of nitriles is 1. The number of hydrogen-bond acceptors (Lipinski definition) is 4. The van der Waals surface area contributed by atoms with Crippen LogP contribution in [-0.2, 0) is 0 Å². The summed E-state index contributed by atoms with van der Waals surface area (Å²) in [5.41, 5.74) is 1.47. The third-order valence-electron chi connectivity index (χ3n) is 1.77. The van der Waals surface area contributed by atoms with Crippen molar-refractivity contribution in [2.45, 2.75) is 11.6 Å². The number of benzene rings is 1. The molecule has 0 unspecified atom stereocenters. The van der Waals surface area contributed by atoms with Crippen molar-refractivity contribution in [3.8, 4) is 6.07 Å². The molecule has 0 saturated carbocycles. The molecule has 5 heteroatoms. The van der Waals surface area contributed by atoms with E-state index in [0.717, 1.165) is 5.52 Å². The van der Waals surface area contributed by atoms with Gasteiger partial charge in [-0.05, 0) is 12.1 Å². The van der Waals surface area contributed by atoms with Gasteiger partial charge in [-0.1, -0.05) is 23.4 Å². The summed E-state index contributed by atoms with van der Waals surface area (Å²) in [6.07, 6.45) is 0.490. The van der Waals surface area contributed by atoms with Gasteiger partial charge in [0.1, 0.15) is 5.52 Å². The van der Waals surface area contributed by atoms with Crippen molar-refractivity contribution < 1.29 is 4.42 Å². The number of fused-ring (bicyclic) bond motifs is 1. The van der Waals surface area contributed by atoms with Crippen LogP contribution in [0.5, 0.6) is 0 Å². The van der Waals surface area contributed by atoms with E-state index in [1.807, 2.05) is 6.07 Å². The van der Waals surface area contributed by atoms with Crippen LogP contribution in [0.3, 0.4) is 0 Å². The number of halogens is 1. The van der Waals surface area contributed by atoms with Gasteiger partial charge in [0.15, 0.2) is 5.58 Å². The van der Waals surface area contributed by atoms with Crippen LogP contribution in [0.1, 0.15) is 6.42 Å². The summed E-state index contributed by atoms with van der Waals surface area (Å²) in [6, 6.07) is 7.39. The van der Waals surface area contributed by atoms with Crippen molar-refractivity contribution >= 4 is 34.5 Å². The minimum atomic E-state index is 0.490. The first-order valence-electron chi connectivity index (χ1n) is 4.35. The van der Waals surface area contributed by atoms with Crippen LogP contribution < -0.4 is 0 Å². The Morgan fingerprint density at radius 2 is 2.40 bits per heavy atom. The van der Waals surface area contributed by atoms with Gasteiger partial charge in [-0.25, -0.2) is 4.98 Å². The molecule has 2 aromatic rings. The maximum Gasteiger partial charge on any atom is 0.256 e. The molecule has 1 heterocycles. The lowest BCUT2D eigenvalue weighted by atomic mass is 10.3. The van der Waals surface area contributed by atoms with Crippen LogP contribution in [0.2, 0.25) is 5.02 Å². The number of aromatic nitrogens is 1. The average molecular weight is 239 g/mol. The highest BCUT2D eigenvalue weighted by Gasteiger charge is 2.05. The number of hydrogen-bond donors (Lipinski definition) is 0. The molecule has 76 valence electrons. The topological polar surface area (TPSA) is 49.8 Å². The van der Waals surface area contributed by atoms with Crippen molar-refractivity contribution in [2.24, 2.45) is 0 Å². The molecule has 0 radical (unpaired) electrons. The Kier molecular flexibility index (Phi) is 3.14. The molecule has 0 aliphatic heterocycles. The zero-order valence-electron chi connectivity index (χ0n) is 7.74. The molecule has 0 amide bonds. The molecule has 0 aliphatic rings. The smallest absolute Gasteiger partial charge is 0.256 e. The molecule has 0 N–H and O–H groups in total. The summed E-state index contributed by atoms with van der Waals surface area (Å²) in [5, 5.41) is 9.61. The van der Waals surface area contributed by atoms with Gasteiger partial charge in [-0.3, -0.25) is 0 Å². The van der Waals surface area contributed by atoms with E-state index >= 15 is 0 Å². The summed E-state index contributed by atoms with van der Waals surface area (Å²) in [5.74, 6) is 0.692. The minimum absolute atomic E-state index is 0.490. The monoisotopic (exact) mass is 238 g/mol. The van der Waals surface area contributed by atoms with Crippen LogP contribution in [0, 0.1) is 11.3 Å². The van der Waals surface area contributed by atoms with E-state index in [0.29, 0.717) is 28.0 Å². The summed E-state index contributed by atoms with van der Waals surface area (Å²) >= 11 is 7.25. The second-order valence-electron chi connectivity index (χ2n) is 2.85. The van der Waals surface area contributed by atoms with Crippen LogP contribution in [-0.4, -0.2) is 10.7 Å². The van der Waals surface area contributed by atoms with Crippen molar-refractivity contribution in [1.82, 2.24) is 4.98 Å². The van der Waals surface area contributed by atoms with Gasteiger partial charge >= 0.3 is 0 Å². The van der Waals surface area contributed by atoms with Crippen LogP contribution in [0.25, 0.3) is 11.1 Å². The Bertz CT molecular complexity index is 518. The molecular formula is C10H7ClN2OS. The lowest BCUT2D eigenvalue weighted by molar-refractivity contribution is 0.489. The first-order chi connectivity index (χ1) is 7.29. The van der Waals surface area contributed by atoms with E-state index in [-0.39, 0.29) is 0 Å². The fourth-order valence-electron chi connectivity index (χ4n) is 1.12. The average Bonchev–Trinajstić information content (AvgIpc) is 2.60. The standard InChI is InChI=1S/C10H7ClN2OS/c11-7-2-3-8-9(6-7)14-10(13-8)15-5-1-4-12/h2-3,6H,1,5H2. The molecule has 0 fully saturated rings. The molecular weight excluding hydrogens is 232 g/mol. The van der Waals surface area contributed by atoms with Gasteiger partial charge in [0.25, 0.3) is 5.22 Å². The zero-order chi connectivity index (χ0) is 10.7. The van der Waals surface area contributed by atoms with Gasteiger partial charge in [-0.15, -0.1) is 0 Å². The summed E-state index contributed by atoms with van der Waals surface area (Å²) in [4.78, 5) is 4.25. The Labute approximate surface area is 96.0 Å². The van der Waals surface area contributed by atoms with Gasteiger partial charge in [-0.2, -0.15) is 5.26 Å². The van der Waals surface area contributed by atoms with Crippen molar-refractivity contribution in [3.63, 3.8) is 0 Å². The molecule has 0 saturated heterocycles. The second-order valence-corrected chi connectivity index (χ2v) is 4.33. The van der Waals surface area contributed by atoms with Crippen molar-refractivity contribution in [3.05, 3.63) is 23.2 Å². The van der Waals surface area contributed by atoms with Crippen LogP contribution >= 0.6 is 23.4 Å². The van der Waals surface area contributed by atoms with Gasteiger partial charge in [0.2, 0.25) is 0 Å². The highest BCUT2D eigenvalue weighted by atomic mass is 35.5. The quantitative estimate of drug-likeness (QED) is 0.607. The van der Waals surface area contributed by atoms with E-state index in [2.05, 4.69) is 11.1 Å². The maximum absolute atomic E-state index is 8.39. The number of oxazole rings is 1. The fraction of sp³-hybridized carbons (Fsp3) is 0.200. The maximum atomic E-state index is 8.39. The van der Waals surface area contributed by atoms with Crippen molar-refractivity contribution in [1.29, 1.82) is 5.26 Å². The first kappa shape index (κ1) is 10.3. The van der Waals surface area contributed by atoms with Gasteiger partial charge < -0.3 is 4.42 Å². The Balaban J connectivity index is 2.20. The fourth-order valence-corrected chi connectivity index (χ4v) is 1.96. The largest absolute Gasteiger partial charge is 0.431 e. The molecule has 0 bridgehead atoms. The summed E-state index contributed by atoms with van der Waals surface area (Å²) in [7, 11) is 0. The molecule has 0 aliphatic carbocycles. The first-order valence-corrected chi connectivity index (χ1v) is 5.72. The summed E-state index contributed by atoms with van der Waals surface area (Å²) in [6.45, 7) is 0. The van der Waals surface area contributed by atoms with Crippen LogP contribution in [0.15, 0.2) is 27.8 Å². The van der Waals surface area contributed by atoms with E-state index < -0.39 is 0 Å².